The van der Waals surface area contributed by atoms with Gasteiger partial charge < -0.3 is 14.6 Å². The van der Waals surface area contributed by atoms with Gasteiger partial charge in [0.25, 0.3) is 0 Å². The molecule has 1 amide bonds. The molecule has 0 bridgehead atoms. The number of benzene rings is 3. The fraction of sp³-hybridized carbons (Fsp3) is 0.258. The number of fused-ring (bicyclic) bond motifs is 1. The van der Waals surface area contributed by atoms with Crippen LogP contribution in [0, 0.1) is 24.5 Å². The van der Waals surface area contributed by atoms with Crippen LogP contribution in [0.5, 0.6) is 5.75 Å². The van der Waals surface area contributed by atoms with Crippen molar-refractivity contribution in [3.63, 3.8) is 0 Å². The standard InChI is InChI=1S/C31H29F2N3O4/c1-5-27(38)34-14-19(15-34)16-35-24-13-23(33)21(28-22(32)10-7-11-26(28)37)12-25(24)36(31(40)30(35)39)29-18(4)8-6-9-20(29)17(2)3/h5-13,17,19,37H,1,14-16H2,2-4H3. The number of nitrogens with zero attached hydrogens (tertiary/aromatic N) is 3. The summed E-state index contributed by atoms with van der Waals surface area (Å²) < 4.78 is 33.1. The zero-order valence-corrected chi connectivity index (χ0v) is 22.4. The molecule has 4 aromatic rings. The van der Waals surface area contributed by atoms with E-state index in [2.05, 4.69) is 6.58 Å². The van der Waals surface area contributed by atoms with E-state index in [1.807, 2.05) is 39.0 Å². The smallest absolute Gasteiger partial charge is 0.321 e. The van der Waals surface area contributed by atoms with Gasteiger partial charge in [0, 0.05) is 37.2 Å². The van der Waals surface area contributed by atoms with Crippen molar-refractivity contribution >= 4 is 16.9 Å². The lowest BCUT2D eigenvalue weighted by Crippen LogP contribution is -2.52. The highest BCUT2D eigenvalue weighted by Crippen LogP contribution is 2.36. The van der Waals surface area contributed by atoms with Crippen LogP contribution in [0.3, 0.4) is 0 Å². The van der Waals surface area contributed by atoms with Crippen molar-refractivity contribution in [2.24, 2.45) is 5.92 Å². The Morgan fingerprint density at radius 1 is 1.05 bits per heavy atom. The highest BCUT2D eigenvalue weighted by molar-refractivity contribution is 5.88. The summed E-state index contributed by atoms with van der Waals surface area (Å²) in [6.45, 7) is 10.0. The van der Waals surface area contributed by atoms with Crippen LogP contribution in [0.2, 0.25) is 0 Å². The van der Waals surface area contributed by atoms with Crippen LogP contribution >= 0.6 is 0 Å². The Hall–Kier alpha value is -4.53. The second-order valence-electron chi connectivity index (χ2n) is 10.5. The zero-order chi connectivity index (χ0) is 28.9. The van der Waals surface area contributed by atoms with Crippen molar-refractivity contribution in [3.05, 3.63) is 105 Å². The quantitative estimate of drug-likeness (QED) is 0.277. The first-order valence-corrected chi connectivity index (χ1v) is 13.0. The van der Waals surface area contributed by atoms with E-state index >= 15 is 4.39 Å². The third-order valence-corrected chi connectivity index (χ3v) is 7.49. The molecule has 7 nitrogen and oxygen atoms in total. The number of para-hydroxylation sites is 1. The first kappa shape index (κ1) is 27.1. The van der Waals surface area contributed by atoms with Crippen LogP contribution in [0.15, 0.2) is 70.8 Å². The normalized spacial score (nSPS) is 13.6. The topological polar surface area (TPSA) is 84.5 Å². The first-order chi connectivity index (χ1) is 19.0. The van der Waals surface area contributed by atoms with E-state index in [1.165, 1.54) is 33.4 Å². The van der Waals surface area contributed by atoms with Gasteiger partial charge in [0.2, 0.25) is 5.91 Å². The highest BCUT2D eigenvalue weighted by Gasteiger charge is 2.31. The number of phenols is 1. The zero-order valence-electron chi connectivity index (χ0n) is 22.4. The van der Waals surface area contributed by atoms with Gasteiger partial charge in [0.1, 0.15) is 17.4 Å². The van der Waals surface area contributed by atoms with Crippen LogP contribution in [-0.4, -0.2) is 38.1 Å². The molecule has 5 rings (SSSR count). The lowest BCUT2D eigenvalue weighted by Gasteiger charge is -2.39. The number of halogens is 2. The number of carbonyl (C=O) groups excluding carboxylic acids is 1. The number of phenolic OH excluding ortho intramolecular Hbond substituents is 1. The molecular weight excluding hydrogens is 516 g/mol. The molecule has 1 aliphatic heterocycles. The molecule has 206 valence electrons. The van der Waals surface area contributed by atoms with Crippen LogP contribution in [0.25, 0.3) is 27.8 Å². The molecule has 0 radical (unpaired) electrons. The van der Waals surface area contributed by atoms with Crippen molar-refractivity contribution in [3.8, 4) is 22.6 Å². The number of amides is 1. The summed E-state index contributed by atoms with van der Waals surface area (Å²) in [5.74, 6) is -2.54. The largest absolute Gasteiger partial charge is 0.507 e. The number of aryl methyl sites for hydroxylation is 1. The number of carbonyl (C=O) groups is 1. The lowest BCUT2D eigenvalue weighted by atomic mass is 9.97. The number of hydrogen-bond acceptors (Lipinski definition) is 4. The van der Waals surface area contributed by atoms with Crippen molar-refractivity contribution in [1.82, 2.24) is 14.0 Å². The van der Waals surface area contributed by atoms with E-state index in [1.54, 1.807) is 4.90 Å². The summed E-state index contributed by atoms with van der Waals surface area (Å²) in [5, 5.41) is 10.4. The fourth-order valence-electron chi connectivity index (χ4n) is 5.46. The van der Waals surface area contributed by atoms with Gasteiger partial charge in [-0.2, -0.15) is 0 Å². The summed E-state index contributed by atoms with van der Waals surface area (Å²) in [6, 6.07) is 11.6. The summed E-state index contributed by atoms with van der Waals surface area (Å²) in [5.41, 5.74) is 0.112. The molecule has 1 N–H and O–H groups in total. The maximum Gasteiger partial charge on any atom is 0.321 e. The van der Waals surface area contributed by atoms with E-state index < -0.39 is 28.5 Å². The maximum absolute atomic E-state index is 15.7. The summed E-state index contributed by atoms with van der Waals surface area (Å²) in [6.07, 6.45) is 1.21. The molecule has 0 atom stereocenters. The van der Waals surface area contributed by atoms with E-state index in [4.69, 9.17) is 0 Å². The van der Waals surface area contributed by atoms with Crippen LogP contribution < -0.4 is 11.1 Å². The molecular formula is C31H29F2N3O4. The number of rotatable bonds is 6. The summed E-state index contributed by atoms with van der Waals surface area (Å²) in [7, 11) is 0. The lowest BCUT2D eigenvalue weighted by molar-refractivity contribution is -0.132. The average Bonchev–Trinajstić information content (AvgIpc) is 2.88. The Morgan fingerprint density at radius 2 is 1.75 bits per heavy atom. The van der Waals surface area contributed by atoms with Crippen LogP contribution in [-0.2, 0) is 11.3 Å². The first-order valence-electron chi connectivity index (χ1n) is 13.0. The van der Waals surface area contributed by atoms with Crippen molar-refractivity contribution in [2.45, 2.75) is 33.2 Å². The van der Waals surface area contributed by atoms with Crippen molar-refractivity contribution in [1.29, 1.82) is 0 Å². The Bertz CT molecular complexity index is 1780. The van der Waals surface area contributed by atoms with Crippen LogP contribution in [0.1, 0.15) is 30.9 Å². The van der Waals surface area contributed by atoms with Crippen molar-refractivity contribution < 1.29 is 18.7 Å². The van der Waals surface area contributed by atoms with Crippen LogP contribution in [0.4, 0.5) is 8.78 Å². The van der Waals surface area contributed by atoms with E-state index in [0.717, 1.165) is 23.3 Å². The minimum absolute atomic E-state index is 0.0156. The predicted molar refractivity (Wildman–Crippen MR) is 150 cm³/mol. The Labute approximate surface area is 229 Å². The molecule has 3 aromatic carbocycles. The maximum atomic E-state index is 15.7. The molecule has 0 saturated carbocycles. The number of hydrogen-bond donors (Lipinski definition) is 1. The summed E-state index contributed by atoms with van der Waals surface area (Å²) >= 11 is 0. The number of aromatic nitrogens is 2. The molecule has 1 fully saturated rings. The van der Waals surface area contributed by atoms with Gasteiger partial charge in [-0.1, -0.05) is 44.7 Å². The molecule has 0 aliphatic carbocycles. The Morgan fingerprint density at radius 3 is 2.40 bits per heavy atom. The second-order valence-corrected chi connectivity index (χ2v) is 10.5. The van der Waals surface area contributed by atoms with Gasteiger partial charge >= 0.3 is 11.1 Å². The molecule has 1 saturated heterocycles. The van der Waals surface area contributed by atoms with Gasteiger partial charge in [-0.05, 0) is 48.2 Å². The minimum atomic E-state index is -0.864. The van der Waals surface area contributed by atoms with Crippen molar-refractivity contribution in [2.75, 3.05) is 13.1 Å². The molecule has 0 spiro atoms. The third kappa shape index (κ3) is 4.41. The van der Waals surface area contributed by atoms with Gasteiger partial charge in [-0.3, -0.25) is 19.0 Å². The minimum Gasteiger partial charge on any atom is -0.507 e. The summed E-state index contributed by atoms with van der Waals surface area (Å²) in [4.78, 5) is 40.9. The van der Waals surface area contributed by atoms with E-state index in [9.17, 15) is 23.9 Å². The molecule has 1 aromatic heterocycles. The average molecular weight is 546 g/mol. The molecule has 40 heavy (non-hydrogen) atoms. The molecule has 9 heteroatoms. The number of aromatic hydroxyl groups is 1. The second kappa shape index (κ2) is 10.2. The van der Waals surface area contributed by atoms with E-state index in [0.29, 0.717) is 18.8 Å². The van der Waals surface area contributed by atoms with Gasteiger partial charge in [0.15, 0.2) is 0 Å². The SMILES string of the molecule is C=CC(=O)N1CC(Cn2c(=O)c(=O)n(-c3c(C)cccc3C(C)C)c3cc(-c4c(O)cccc4F)c(F)cc32)C1. The fourth-order valence-corrected chi connectivity index (χ4v) is 5.46. The van der Waals surface area contributed by atoms with Gasteiger partial charge in [-0.15, -0.1) is 0 Å². The number of likely N-dealkylation sites (tertiary alicyclic amines) is 1. The Kier molecular flexibility index (Phi) is 6.91. The third-order valence-electron chi connectivity index (χ3n) is 7.49. The van der Waals surface area contributed by atoms with Gasteiger partial charge in [-0.25, -0.2) is 8.78 Å². The monoisotopic (exact) mass is 545 g/mol. The molecule has 2 heterocycles. The molecule has 1 aliphatic rings. The van der Waals surface area contributed by atoms with E-state index in [-0.39, 0.29) is 46.4 Å². The van der Waals surface area contributed by atoms with Gasteiger partial charge in [0.05, 0.1) is 22.3 Å². The predicted octanol–water partition coefficient (Wildman–Crippen LogP) is 4.88. The Balaban J connectivity index is 1.83. The molecule has 0 unspecified atom stereocenters. The highest BCUT2D eigenvalue weighted by atomic mass is 19.1.